The second-order valence-corrected chi connectivity index (χ2v) is 6.60. The molecule has 5 nitrogen and oxygen atoms in total. The van der Waals surface area contributed by atoms with Gasteiger partial charge >= 0.3 is 0 Å². The van der Waals surface area contributed by atoms with Crippen molar-refractivity contribution in [3.63, 3.8) is 0 Å². The number of nitrogens with zero attached hydrogens (tertiary/aromatic N) is 2. The normalized spacial score (nSPS) is 14.6. The zero-order chi connectivity index (χ0) is 18.4. The molecule has 1 aliphatic rings. The van der Waals surface area contributed by atoms with Gasteiger partial charge in [-0.3, -0.25) is 14.6 Å². The predicted molar refractivity (Wildman–Crippen MR) is 116 cm³/mol. The highest BCUT2D eigenvalue weighted by Gasteiger charge is 2.17. The molecule has 1 heterocycles. The molecule has 0 radical (unpaired) electrons. The summed E-state index contributed by atoms with van der Waals surface area (Å²) in [5.41, 5.74) is 7.96. The zero-order valence-corrected chi connectivity index (χ0v) is 17.3. The minimum Gasteiger partial charge on any atom is -0.399 e. The lowest BCUT2D eigenvalue weighted by Gasteiger charge is -2.34. The molecule has 1 fully saturated rings. The number of anilines is 1. The van der Waals surface area contributed by atoms with E-state index < -0.39 is 5.82 Å². The third-order valence-corrected chi connectivity index (χ3v) is 4.65. The largest absolute Gasteiger partial charge is 0.399 e. The molecular weight excluding hydrogens is 402 g/mol. The Hall–Kier alpha value is -1.86. The number of nitrogen functional groups attached to an aromatic ring is 1. The molecule has 1 amide bonds. The van der Waals surface area contributed by atoms with Crippen LogP contribution in [0.3, 0.4) is 0 Å². The predicted octanol–water partition coefficient (Wildman–Crippen LogP) is 2.80. The summed E-state index contributed by atoms with van der Waals surface area (Å²) >= 11 is 0. The minimum atomic E-state index is -0.486. The van der Waals surface area contributed by atoms with Gasteiger partial charge in [-0.25, -0.2) is 4.39 Å². The van der Waals surface area contributed by atoms with Crippen molar-refractivity contribution < 1.29 is 9.18 Å². The maximum atomic E-state index is 13.6. The molecule has 0 bridgehead atoms. The second kappa shape index (κ2) is 11.9. The van der Waals surface area contributed by atoms with Crippen molar-refractivity contribution in [3.05, 3.63) is 65.5 Å². The fourth-order valence-corrected chi connectivity index (χ4v) is 3.19. The fraction of sp³-hybridized carbons (Fsp3) is 0.350. The Morgan fingerprint density at radius 1 is 1.00 bits per heavy atom. The third-order valence-electron chi connectivity index (χ3n) is 4.65. The first-order valence-corrected chi connectivity index (χ1v) is 8.93. The van der Waals surface area contributed by atoms with Crippen LogP contribution in [-0.2, 0) is 6.54 Å². The first-order valence-electron chi connectivity index (χ1n) is 8.93. The van der Waals surface area contributed by atoms with Crippen molar-refractivity contribution in [1.29, 1.82) is 0 Å². The van der Waals surface area contributed by atoms with Crippen LogP contribution in [0.1, 0.15) is 15.9 Å². The lowest BCUT2D eigenvalue weighted by Crippen LogP contribution is -2.48. The maximum Gasteiger partial charge on any atom is 0.254 e. The molecule has 0 aliphatic carbocycles. The number of hydrogen-bond donors (Lipinski definition) is 2. The molecule has 154 valence electrons. The average molecular weight is 429 g/mol. The molecule has 1 saturated heterocycles. The first-order chi connectivity index (χ1) is 12.6. The standard InChI is InChI=1S/C20H25FN4O.2ClH/c21-19-7-2-1-6-18(19)20(26)23-8-9-24-10-12-25(13-11-24)15-16-4-3-5-17(22)14-16;;/h1-7,14H,8-13,15,22H2,(H,23,26);2*1H. The molecule has 0 unspecified atom stereocenters. The number of piperazine rings is 1. The van der Waals surface area contributed by atoms with Gasteiger partial charge in [-0.05, 0) is 29.8 Å². The van der Waals surface area contributed by atoms with Crippen molar-refractivity contribution in [2.75, 3.05) is 45.0 Å². The Morgan fingerprint density at radius 2 is 1.68 bits per heavy atom. The van der Waals surface area contributed by atoms with Gasteiger partial charge in [0, 0.05) is 51.5 Å². The van der Waals surface area contributed by atoms with Crippen LogP contribution in [0.25, 0.3) is 0 Å². The van der Waals surface area contributed by atoms with Gasteiger partial charge in [0.1, 0.15) is 5.82 Å². The molecule has 0 saturated carbocycles. The zero-order valence-electron chi connectivity index (χ0n) is 15.6. The van der Waals surface area contributed by atoms with Gasteiger partial charge < -0.3 is 11.1 Å². The van der Waals surface area contributed by atoms with Crippen LogP contribution >= 0.6 is 24.8 Å². The van der Waals surface area contributed by atoms with Crippen LogP contribution < -0.4 is 11.1 Å². The smallest absolute Gasteiger partial charge is 0.254 e. The number of benzene rings is 2. The number of amides is 1. The quantitative estimate of drug-likeness (QED) is 0.694. The summed E-state index contributed by atoms with van der Waals surface area (Å²) in [6.45, 7) is 6.07. The van der Waals surface area contributed by atoms with Crippen molar-refractivity contribution in [1.82, 2.24) is 15.1 Å². The van der Waals surface area contributed by atoms with Crippen molar-refractivity contribution in [2.24, 2.45) is 0 Å². The Balaban J connectivity index is 0.00000196. The number of halogens is 3. The molecule has 2 aromatic rings. The van der Waals surface area contributed by atoms with E-state index in [4.69, 9.17) is 5.73 Å². The average Bonchev–Trinajstić information content (AvgIpc) is 2.63. The highest BCUT2D eigenvalue weighted by atomic mass is 35.5. The van der Waals surface area contributed by atoms with Gasteiger partial charge in [0.05, 0.1) is 5.56 Å². The van der Waals surface area contributed by atoms with E-state index in [2.05, 4.69) is 21.2 Å². The number of carbonyl (C=O) groups is 1. The summed E-state index contributed by atoms with van der Waals surface area (Å²) in [5.74, 6) is -0.844. The fourth-order valence-electron chi connectivity index (χ4n) is 3.19. The molecule has 28 heavy (non-hydrogen) atoms. The number of hydrogen-bond acceptors (Lipinski definition) is 4. The van der Waals surface area contributed by atoms with Crippen LogP contribution in [0.5, 0.6) is 0 Å². The maximum absolute atomic E-state index is 13.6. The van der Waals surface area contributed by atoms with Crippen LogP contribution in [0.4, 0.5) is 10.1 Å². The molecule has 3 N–H and O–H groups in total. The van der Waals surface area contributed by atoms with Gasteiger partial charge in [-0.2, -0.15) is 0 Å². The summed E-state index contributed by atoms with van der Waals surface area (Å²) in [6, 6.07) is 14.0. The Morgan fingerprint density at radius 3 is 2.36 bits per heavy atom. The van der Waals surface area contributed by atoms with E-state index >= 15 is 0 Å². The first kappa shape index (κ1) is 24.2. The van der Waals surface area contributed by atoms with E-state index in [0.29, 0.717) is 6.54 Å². The van der Waals surface area contributed by atoms with Crippen molar-refractivity contribution in [2.45, 2.75) is 6.54 Å². The van der Waals surface area contributed by atoms with Crippen molar-refractivity contribution in [3.8, 4) is 0 Å². The summed E-state index contributed by atoms with van der Waals surface area (Å²) in [4.78, 5) is 16.7. The van der Waals surface area contributed by atoms with E-state index in [1.165, 1.54) is 17.7 Å². The number of rotatable bonds is 6. The Kier molecular flexibility index (Phi) is 10.2. The lowest BCUT2D eigenvalue weighted by molar-refractivity contribution is 0.0930. The third kappa shape index (κ3) is 6.95. The van der Waals surface area contributed by atoms with Gasteiger partial charge in [0.2, 0.25) is 0 Å². The minimum absolute atomic E-state index is 0. The van der Waals surface area contributed by atoms with E-state index in [0.717, 1.165) is 45.0 Å². The SMILES string of the molecule is Cl.Cl.Nc1cccc(CN2CCN(CCNC(=O)c3ccccc3F)CC2)c1. The highest BCUT2D eigenvalue weighted by molar-refractivity contribution is 5.94. The molecule has 0 aromatic heterocycles. The van der Waals surface area contributed by atoms with Gasteiger partial charge in [0.25, 0.3) is 5.91 Å². The van der Waals surface area contributed by atoms with E-state index in [9.17, 15) is 9.18 Å². The van der Waals surface area contributed by atoms with Crippen LogP contribution in [0.2, 0.25) is 0 Å². The number of nitrogens with two attached hydrogens (primary N) is 1. The van der Waals surface area contributed by atoms with Gasteiger partial charge in [-0.1, -0.05) is 24.3 Å². The Labute approximate surface area is 177 Å². The van der Waals surface area contributed by atoms with E-state index in [1.54, 1.807) is 12.1 Å². The van der Waals surface area contributed by atoms with E-state index in [1.807, 2.05) is 18.2 Å². The second-order valence-electron chi connectivity index (χ2n) is 6.60. The molecular formula is C20H27Cl2FN4O. The summed E-state index contributed by atoms with van der Waals surface area (Å²) in [6.07, 6.45) is 0. The molecule has 0 spiro atoms. The van der Waals surface area contributed by atoms with E-state index in [-0.39, 0.29) is 36.3 Å². The molecule has 8 heteroatoms. The van der Waals surface area contributed by atoms with Crippen molar-refractivity contribution >= 4 is 36.4 Å². The summed E-state index contributed by atoms with van der Waals surface area (Å²) in [7, 11) is 0. The Bertz CT molecular complexity index is 754. The highest BCUT2D eigenvalue weighted by Crippen LogP contribution is 2.11. The molecule has 2 aromatic carbocycles. The van der Waals surface area contributed by atoms with Crippen LogP contribution in [0, 0.1) is 5.82 Å². The number of carbonyl (C=O) groups excluding carboxylic acids is 1. The monoisotopic (exact) mass is 428 g/mol. The molecule has 3 rings (SSSR count). The lowest BCUT2D eigenvalue weighted by atomic mass is 10.1. The molecule has 1 aliphatic heterocycles. The topological polar surface area (TPSA) is 61.6 Å². The molecule has 0 atom stereocenters. The number of nitrogens with one attached hydrogen (secondary N) is 1. The van der Waals surface area contributed by atoms with Crippen LogP contribution in [0.15, 0.2) is 48.5 Å². The van der Waals surface area contributed by atoms with Crippen LogP contribution in [-0.4, -0.2) is 55.0 Å². The summed E-state index contributed by atoms with van der Waals surface area (Å²) < 4.78 is 13.6. The van der Waals surface area contributed by atoms with Gasteiger partial charge in [0.15, 0.2) is 0 Å². The summed E-state index contributed by atoms with van der Waals surface area (Å²) in [5, 5.41) is 2.80. The van der Waals surface area contributed by atoms with Gasteiger partial charge in [-0.15, -0.1) is 24.8 Å².